The van der Waals surface area contributed by atoms with Crippen LogP contribution in [0, 0.1) is 6.92 Å². The van der Waals surface area contributed by atoms with E-state index < -0.39 is 5.97 Å². The van der Waals surface area contributed by atoms with Gasteiger partial charge in [-0.2, -0.15) is 4.98 Å². The zero-order chi connectivity index (χ0) is 12.7. The number of thiazole rings is 1. The summed E-state index contributed by atoms with van der Waals surface area (Å²) in [6, 6.07) is 2.92. The second-order valence-corrected chi connectivity index (χ2v) is 4.66. The van der Waals surface area contributed by atoms with Crippen LogP contribution in [0.3, 0.4) is 0 Å². The number of carboxylic acids is 1. The molecule has 0 aliphatic rings. The number of rotatable bonds is 2. The molecule has 3 aromatic heterocycles. The number of carboxylic acid groups (broad SMARTS) is 1. The fourth-order valence-corrected chi connectivity index (χ4v) is 2.10. The largest absolute Gasteiger partial charge is 0.477 e. The molecule has 0 saturated heterocycles. The second kappa shape index (κ2) is 3.88. The lowest BCUT2D eigenvalue weighted by Gasteiger charge is -1.90. The van der Waals surface area contributed by atoms with E-state index in [1.165, 1.54) is 17.4 Å². The lowest BCUT2D eigenvalue weighted by atomic mass is 10.3. The molecule has 18 heavy (non-hydrogen) atoms. The van der Waals surface area contributed by atoms with Crippen molar-refractivity contribution in [3.05, 3.63) is 28.2 Å². The van der Waals surface area contributed by atoms with E-state index in [9.17, 15) is 4.79 Å². The molecule has 0 radical (unpaired) electrons. The van der Waals surface area contributed by atoms with E-state index in [4.69, 9.17) is 9.52 Å². The Morgan fingerprint density at radius 3 is 2.83 bits per heavy atom. The molecule has 0 saturated carbocycles. The molecule has 0 atom stereocenters. The zero-order valence-electron chi connectivity index (χ0n) is 9.25. The highest BCUT2D eigenvalue weighted by Gasteiger charge is 2.14. The van der Waals surface area contributed by atoms with E-state index in [2.05, 4.69) is 15.0 Å². The lowest BCUT2D eigenvalue weighted by molar-refractivity contribution is 0.0691. The lowest BCUT2D eigenvalue weighted by Crippen LogP contribution is -1.99. The predicted octanol–water partition coefficient (Wildman–Crippen LogP) is 2.35. The van der Waals surface area contributed by atoms with Gasteiger partial charge in [0.1, 0.15) is 5.69 Å². The van der Waals surface area contributed by atoms with Crippen molar-refractivity contribution in [2.24, 2.45) is 0 Å². The third-order valence-corrected chi connectivity index (χ3v) is 3.08. The maximum Gasteiger partial charge on any atom is 0.354 e. The van der Waals surface area contributed by atoms with E-state index in [1.54, 1.807) is 6.07 Å². The Morgan fingerprint density at radius 1 is 1.33 bits per heavy atom. The number of aromatic nitrogens is 3. The molecule has 90 valence electrons. The van der Waals surface area contributed by atoms with Gasteiger partial charge in [0.25, 0.3) is 0 Å². The molecule has 0 aromatic carbocycles. The Labute approximate surface area is 105 Å². The van der Waals surface area contributed by atoms with E-state index in [0.29, 0.717) is 17.2 Å². The molecule has 0 spiro atoms. The number of aromatic carboxylic acids is 1. The monoisotopic (exact) mass is 261 g/mol. The maximum atomic E-state index is 10.8. The van der Waals surface area contributed by atoms with Gasteiger partial charge in [-0.15, -0.1) is 11.3 Å². The van der Waals surface area contributed by atoms with Crippen LogP contribution in [0.25, 0.3) is 22.8 Å². The van der Waals surface area contributed by atoms with Crippen molar-refractivity contribution in [2.45, 2.75) is 6.92 Å². The average molecular weight is 261 g/mol. The molecule has 0 bridgehead atoms. The number of hydrogen-bond acceptors (Lipinski definition) is 6. The van der Waals surface area contributed by atoms with Gasteiger partial charge in [-0.1, -0.05) is 0 Å². The van der Waals surface area contributed by atoms with Gasteiger partial charge >= 0.3 is 5.97 Å². The Hall–Kier alpha value is -2.28. The van der Waals surface area contributed by atoms with Crippen LogP contribution in [0.5, 0.6) is 0 Å². The van der Waals surface area contributed by atoms with E-state index >= 15 is 0 Å². The first kappa shape index (κ1) is 10.8. The van der Waals surface area contributed by atoms with Gasteiger partial charge in [0, 0.05) is 5.38 Å². The number of hydrogen-bond donors (Lipinski definition) is 1. The molecule has 3 heterocycles. The third-order valence-electron chi connectivity index (χ3n) is 2.31. The molecule has 7 heteroatoms. The average Bonchev–Trinajstić information content (AvgIpc) is 2.93. The van der Waals surface area contributed by atoms with Crippen molar-refractivity contribution in [1.82, 2.24) is 15.0 Å². The Bertz CT molecular complexity index is 747. The van der Waals surface area contributed by atoms with Crippen LogP contribution in [0.2, 0.25) is 0 Å². The Balaban J connectivity index is 2.13. The fourth-order valence-electron chi connectivity index (χ4n) is 1.51. The Kier molecular flexibility index (Phi) is 2.34. The van der Waals surface area contributed by atoms with Gasteiger partial charge in [-0.05, 0) is 19.1 Å². The second-order valence-electron chi connectivity index (χ2n) is 3.59. The van der Waals surface area contributed by atoms with Crippen LogP contribution in [0.1, 0.15) is 15.5 Å². The topological polar surface area (TPSA) is 89.1 Å². The first-order chi connectivity index (χ1) is 8.63. The van der Waals surface area contributed by atoms with Crippen LogP contribution in [-0.2, 0) is 0 Å². The summed E-state index contributed by atoms with van der Waals surface area (Å²) in [4.78, 5) is 23.1. The number of oxazole rings is 1. The number of pyridine rings is 1. The third kappa shape index (κ3) is 1.74. The standard InChI is InChI=1S/C11H7N3O3S/c1-5-12-7(4-18-5)10-14-9-8(17-10)3-2-6(13-9)11(15)16/h2-4H,1H3,(H,15,16). The van der Waals surface area contributed by atoms with Crippen molar-refractivity contribution in [1.29, 1.82) is 0 Å². The van der Waals surface area contributed by atoms with Crippen LogP contribution in [0.4, 0.5) is 0 Å². The molecule has 3 rings (SSSR count). The maximum absolute atomic E-state index is 10.8. The minimum absolute atomic E-state index is 0.0585. The summed E-state index contributed by atoms with van der Waals surface area (Å²) in [6.45, 7) is 1.89. The van der Waals surface area contributed by atoms with Gasteiger partial charge in [0.2, 0.25) is 5.89 Å². The van der Waals surface area contributed by atoms with Crippen LogP contribution < -0.4 is 0 Å². The minimum Gasteiger partial charge on any atom is -0.477 e. The van der Waals surface area contributed by atoms with Crippen LogP contribution in [0.15, 0.2) is 21.9 Å². The number of fused-ring (bicyclic) bond motifs is 1. The van der Waals surface area contributed by atoms with Crippen molar-refractivity contribution in [3.63, 3.8) is 0 Å². The molecular formula is C11H7N3O3S. The summed E-state index contributed by atoms with van der Waals surface area (Å²) in [5.41, 5.74) is 1.29. The van der Waals surface area contributed by atoms with Crippen molar-refractivity contribution in [2.75, 3.05) is 0 Å². The first-order valence-corrected chi connectivity index (χ1v) is 5.95. The molecule has 1 N–H and O–H groups in total. The molecular weight excluding hydrogens is 254 g/mol. The predicted molar refractivity (Wildman–Crippen MR) is 64.6 cm³/mol. The molecule has 0 amide bonds. The van der Waals surface area contributed by atoms with Crippen molar-refractivity contribution >= 4 is 28.5 Å². The SMILES string of the molecule is Cc1nc(-c2nc3nc(C(=O)O)ccc3o2)cs1. The summed E-state index contributed by atoms with van der Waals surface area (Å²) in [5.74, 6) is -0.740. The van der Waals surface area contributed by atoms with Crippen LogP contribution in [-0.4, -0.2) is 26.0 Å². The normalized spacial score (nSPS) is 10.9. The highest BCUT2D eigenvalue weighted by molar-refractivity contribution is 7.09. The van der Waals surface area contributed by atoms with Crippen molar-refractivity contribution < 1.29 is 14.3 Å². The summed E-state index contributed by atoms with van der Waals surface area (Å²) in [5, 5.41) is 11.6. The highest BCUT2D eigenvalue weighted by atomic mass is 32.1. The molecule has 0 aliphatic heterocycles. The van der Waals surface area contributed by atoms with Gasteiger partial charge in [-0.3, -0.25) is 0 Å². The molecule has 0 aliphatic carbocycles. The number of carbonyl (C=O) groups is 1. The Morgan fingerprint density at radius 2 is 2.17 bits per heavy atom. The summed E-state index contributed by atoms with van der Waals surface area (Å²) < 4.78 is 5.48. The van der Waals surface area contributed by atoms with Gasteiger partial charge in [0.15, 0.2) is 16.9 Å². The molecule has 0 unspecified atom stereocenters. The minimum atomic E-state index is -1.09. The summed E-state index contributed by atoms with van der Waals surface area (Å²) in [6.07, 6.45) is 0. The number of nitrogens with zero attached hydrogens (tertiary/aromatic N) is 3. The summed E-state index contributed by atoms with van der Waals surface area (Å²) >= 11 is 1.49. The van der Waals surface area contributed by atoms with Crippen LogP contribution >= 0.6 is 11.3 Å². The molecule has 6 nitrogen and oxygen atoms in total. The number of aryl methyl sites for hydroxylation is 1. The van der Waals surface area contributed by atoms with Gasteiger partial charge < -0.3 is 9.52 Å². The zero-order valence-corrected chi connectivity index (χ0v) is 10.1. The molecule has 0 fully saturated rings. The van der Waals surface area contributed by atoms with E-state index in [-0.39, 0.29) is 11.3 Å². The summed E-state index contributed by atoms with van der Waals surface area (Å²) in [7, 11) is 0. The fraction of sp³-hybridized carbons (Fsp3) is 0.0909. The van der Waals surface area contributed by atoms with Crippen molar-refractivity contribution in [3.8, 4) is 11.6 Å². The van der Waals surface area contributed by atoms with Gasteiger partial charge in [0.05, 0.1) is 5.01 Å². The first-order valence-electron chi connectivity index (χ1n) is 5.07. The molecule has 3 aromatic rings. The quantitative estimate of drug-likeness (QED) is 0.761. The van der Waals surface area contributed by atoms with E-state index in [0.717, 1.165) is 5.01 Å². The van der Waals surface area contributed by atoms with Gasteiger partial charge in [-0.25, -0.2) is 14.8 Å². The van der Waals surface area contributed by atoms with E-state index in [1.807, 2.05) is 12.3 Å². The highest BCUT2D eigenvalue weighted by Crippen LogP contribution is 2.24. The smallest absolute Gasteiger partial charge is 0.354 e.